The number of imidazole rings is 1. The van der Waals surface area contributed by atoms with Crippen LogP contribution in [0.5, 0.6) is 0 Å². The third-order valence-corrected chi connectivity index (χ3v) is 3.17. The number of hydrogen-bond donors (Lipinski definition) is 0. The Morgan fingerprint density at radius 2 is 2.00 bits per heavy atom. The van der Waals surface area contributed by atoms with Crippen LogP contribution in [-0.2, 0) is 6.42 Å². The van der Waals surface area contributed by atoms with Gasteiger partial charge < -0.3 is 0 Å². The van der Waals surface area contributed by atoms with Crippen LogP contribution in [-0.4, -0.2) is 9.38 Å². The first-order valence-electron chi connectivity index (χ1n) is 6.19. The third kappa shape index (κ3) is 2.09. The molecule has 0 aliphatic rings. The number of benzene rings is 1. The van der Waals surface area contributed by atoms with Gasteiger partial charge in [0.05, 0.1) is 5.69 Å². The summed E-state index contributed by atoms with van der Waals surface area (Å²) in [6.07, 6.45) is 2.59. The van der Waals surface area contributed by atoms with Gasteiger partial charge in [-0.25, -0.2) is 4.98 Å². The normalized spacial score (nSPS) is 10.5. The lowest BCUT2D eigenvalue weighted by Crippen LogP contribution is -1.93. The van der Waals surface area contributed by atoms with Gasteiger partial charge in [-0.3, -0.25) is 4.40 Å². The van der Waals surface area contributed by atoms with Gasteiger partial charge in [0.15, 0.2) is 0 Å². The highest BCUT2D eigenvalue weighted by Crippen LogP contribution is 2.16. The zero-order valence-electron chi connectivity index (χ0n) is 10.7. The fourth-order valence-electron chi connectivity index (χ4n) is 2.23. The number of aryl methyl sites for hydroxylation is 1. The second-order valence-corrected chi connectivity index (χ2v) is 4.61. The van der Waals surface area contributed by atoms with Gasteiger partial charge in [-0.15, -0.1) is 0 Å². The molecular weight excluding hydrogens is 234 g/mol. The average Bonchev–Trinajstić information content (AvgIpc) is 2.76. The van der Waals surface area contributed by atoms with E-state index in [1.165, 1.54) is 5.56 Å². The van der Waals surface area contributed by atoms with Gasteiger partial charge in [0.2, 0.25) is 0 Å². The molecule has 0 amide bonds. The van der Waals surface area contributed by atoms with Crippen LogP contribution < -0.4 is 0 Å². The van der Waals surface area contributed by atoms with Crippen LogP contribution in [0.1, 0.15) is 22.5 Å². The van der Waals surface area contributed by atoms with E-state index in [1.54, 1.807) is 0 Å². The standard InChI is InChI=1S/C16H13N3/c1-12-7-8-19-15(11-17)14(18-16(19)9-12)10-13-5-3-2-4-6-13/h2-9H,10H2,1H3. The molecule has 2 aromatic heterocycles. The number of aromatic nitrogens is 2. The largest absolute Gasteiger partial charge is 0.291 e. The Balaban J connectivity index is 2.11. The van der Waals surface area contributed by atoms with Gasteiger partial charge in [-0.1, -0.05) is 30.3 Å². The van der Waals surface area contributed by atoms with Crippen molar-refractivity contribution in [2.75, 3.05) is 0 Å². The molecule has 0 aliphatic carbocycles. The first-order valence-corrected chi connectivity index (χ1v) is 6.19. The average molecular weight is 247 g/mol. The number of hydrogen-bond acceptors (Lipinski definition) is 2. The third-order valence-electron chi connectivity index (χ3n) is 3.17. The maximum atomic E-state index is 9.34. The Morgan fingerprint density at radius 1 is 1.21 bits per heavy atom. The fourth-order valence-corrected chi connectivity index (χ4v) is 2.23. The summed E-state index contributed by atoms with van der Waals surface area (Å²) in [6, 6.07) is 16.3. The van der Waals surface area contributed by atoms with Gasteiger partial charge in [-0.2, -0.15) is 5.26 Å². The lowest BCUT2D eigenvalue weighted by Gasteiger charge is -1.98. The molecule has 3 nitrogen and oxygen atoms in total. The fraction of sp³-hybridized carbons (Fsp3) is 0.125. The minimum absolute atomic E-state index is 0.624. The minimum Gasteiger partial charge on any atom is -0.291 e. The van der Waals surface area contributed by atoms with E-state index < -0.39 is 0 Å². The molecule has 0 spiro atoms. The summed E-state index contributed by atoms with van der Waals surface area (Å²) < 4.78 is 1.85. The minimum atomic E-state index is 0.624. The Labute approximate surface area is 111 Å². The predicted molar refractivity (Wildman–Crippen MR) is 73.9 cm³/mol. The van der Waals surface area contributed by atoms with E-state index in [0.29, 0.717) is 12.1 Å². The van der Waals surface area contributed by atoms with Crippen molar-refractivity contribution in [1.29, 1.82) is 5.26 Å². The van der Waals surface area contributed by atoms with E-state index in [9.17, 15) is 5.26 Å². The van der Waals surface area contributed by atoms with E-state index >= 15 is 0 Å². The molecule has 0 radical (unpaired) electrons. The van der Waals surface area contributed by atoms with E-state index in [0.717, 1.165) is 16.9 Å². The van der Waals surface area contributed by atoms with Crippen LogP contribution in [0.25, 0.3) is 5.65 Å². The highest BCUT2D eigenvalue weighted by molar-refractivity contribution is 5.49. The van der Waals surface area contributed by atoms with Crippen molar-refractivity contribution in [1.82, 2.24) is 9.38 Å². The molecule has 3 aromatic rings. The summed E-state index contributed by atoms with van der Waals surface area (Å²) in [5.41, 5.74) is 4.60. The van der Waals surface area contributed by atoms with Crippen LogP contribution >= 0.6 is 0 Å². The highest BCUT2D eigenvalue weighted by atomic mass is 15.0. The van der Waals surface area contributed by atoms with E-state index in [1.807, 2.05) is 47.9 Å². The van der Waals surface area contributed by atoms with Crippen molar-refractivity contribution in [3.63, 3.8) is 0 Å². The lowest BCUT2D eigenvalue weighted by atomic mass is 10.1. The first kappa shape index (κ1) is 11.5. The zero-order chi connectivity index (χ0) is 13.2. The molecule has 0 fully saturated rings. The van der Waals surface area contributed by atoms with Crippen LogP contribution in [0.2, 0.25) is 0 Å². The monoisotopic (exact) mass is 247 g/mol. The molecule has 1 aromatic carbocycles. The lowest BCUT2D eigenvalue weighted by molar-refractivity contribution is 1.09. The van der Waals surface area contributed by atoms with Crippen LogP contribution in [0, 0.1) is 18.3 Å². The maximum absolute atomic E-state index is 9.34. The summed E-state index contributed by atoms with van der Waals surface area (Å²) >= 11 is 0. The second kappa shape index (κ2) is 4.58. The molecule has 0 bridgehead atoms. The quantitative estimate of drug-likeness (QED) is 0.698. The molecule has 3 rings (SSSR count). The van der Waals surface area contributed by atoms with Crippen LogP contribution in [0.4, 0.5) is 0 Å². The van der Waals surface area contributed by atoms with E-state index in [2.05, 4.69) is 23.2 Å². The van der Waals surface area contributed by atoms with Gasteiger partial charge in [-0.05, 0) is 30.2 Å². The maximum Gasteiger partial charge on any atom is 0.148 e. The van der Waals surface area contributed by atoms with E-state index in [4.69, 9.17) is 0 Å². The molecule has 3 heteroatoms. The number of nitrogens with zero attached hydrogens (tertiary/aromatic N) is 3. The Hall–Kier alpha value is -2.60. The van der Waals surface area contributed by atoms with Crippen LogP contribution in [0.15, 0.2) is 48.7 Å². The molecule has 0 atom stereocenters. The number of fused-ring (bicyclic) bond motifs is 1. The van der Waals surface area contributed by atoms with Gasteiger partial charge in [0.25, 0.3) is 0 Å². The Morgan fingerprint density at radius 3 is 2.74 bits per heavy atom. The molecule has 92 valence electrons. The molecule has 0 saturated heterocycles. The van der Waals surface area contributed by atoms with Gasteiger partial charge in [0, 0.05) is 12.6 Å². The molecule has 0 unspecified atom stereocenters. The molecular formula is C16H13N3. The molecule has 0 aliphatic heterocycles. The van der Waals surface area contributed by atoms with Crippen molar-refractivity contribution < 1.29 is 0 Å². The van der Waals surface area contributed by atoms with Crippen LogP contribution in [0.3, 0.4) is 0 Å². The van der Waals surface area contributed by atoms with Gasteiger partial charge in [0.1, 0.15) is 17.4 Å². The summed E-state index contributed by atoms with van der Waals surface area (Å²) in [4.78, 5) is 4.58. The summed E-state index contributed by atoms with van der Waals surface area (Å²) in [5.74, 6) is 0. The molecule has 2 heterocycles. The van der Waals surface area contributed by atoms with Crippen molar-refractivity contribution in [3.05, 3.63) is 71.2 Å². The second-order valence-electron chi connectivity index (χ2n) is 4.61. The Bertz CT molecular complexity index is 764. The number of rotatable bonds is 2. The van der Waals surface area contributed by atoms with Gasteiger partial charge >= 0.3 is 0 Å². The van der Waals surface area contributed by atoms with Crippen molar-refractivity contribution >= 4 is 5.65 Å². The summed E-state index contributed by atoms with van der Waals surface area (Å²) in [5, 5.41) is 9.34. The predicted octanol–water partition coefficient (Wildman–Crippen LogP) is 3.11. The van der Waals surface area contributed by atoms with Crippen molar-refractivity contribution in [2.24, 2.45) is 0 Å². The van der Waals surface area contributed by atoms with Crippen molar-refractivity contribution in [2.45, 2.75) is 13.3 Å². The number of nitriles is 1. The smallest absolute Gasteiger partial charge is 0.148 e. The van der Waals surface area contributed by atoms with Crippen molar-refractivity contribution in [3.8, 4) is 6.07 Å². The first-order chi connectivity index (χ1) is 9.28. The zero-order valence-corrected chi connectivity index (χ0v) is 10.7. The SMILES string of the molecule is Cc1ccn2c(C#N)c(Cc3ccccc3)nc2c1. The Kier molecular flexibility index (Phi) is 2.77. The molecule has 0 N–H and O–H groups in total. The number of pyridine rings is 1. The summed E-state index contributed by atoms with van der Waals surface area (Å²) in [6.45, 7) is 2.03. The topological polar surface area (TPSA) is 41.1 Å². The molecule has 19 heavy (non-hydrogen) atoms. The molecule has 0 saturated carbocycles. The summed E-state index contributed by atoms with van der Waals surface area (Å²) in [7, 11) is 0. The van der Waals surface area contributed by atoms with E-state index in [-0.39, 0.29) is 0 Å². The highest BCUT2D eigenvalue weighted by Gasteiger charge is 2.12.